The summed E-state index contributed by atoms with van der Waals surface area (Å²) in [5.41, 5.74) is 5.48. The van der Waals surface area contributed by atoms with Crippen LogP contribution >= 0.6 is 0 Å². The van der Waals surface area contributed by atoms with E-state index in [4.69, 9.17) is 5.73 Å². The number of hydrogen-bond donors (Lipinski definition) is 1. The molecule has 1 aliphatic rings. The zero-order valence-corrected chi connectivity index (χ0v) is 10.7. The largest absolute Gasteiger partial charge is 0.345 e. The Morgan fingerprint density at radius 1 is 1.56 bits per heavy atom. The highest BCUT2D eigenvalue weighted by atomic mass is 32.2. The molecular formula is C10H20N2O3S. The first-order valence-corrected chi connectivity index (χ1v) is 7.33. The van der Waals surface area contributed by atoms with Crippen molar-refractivity contribution in [1.29, 1.82) is 0 Å². The summed E-state index contributed by atoms with van der Waals surface area (Å²) in [6.45, 7) is 3.08. The molecule has 0 aromatic heterocycles. The van der Waals surface area contributed by atoms with Gasteiger partial charge in [0.1, 0.15) is 0 Å². The minimum atomic E-state index is -2.98. The Balaban J connectivity index is 2.52. The first-order chi connectivity index (χ1) is 7.35. The summed E-state index contributed by atoms with van der Waals surface area (Å²) in [5.74, 6) is -0.0232. The smallest absolute Gasteiger partial charge is 0.226 e. The lowest BCUT2D eigenvalue weighted by molar-refractivity contribution is -0.133. The summed E-state index contributed by atoms with van der Waals surface area (Å²) in [4.78, 5) is 13.5. The van der Waals surface area contributed by atoms with Gasteiger partial charge in [0.2, 0.25) is 5.91 Å². The standard InChI is InChI=1S/C10H20N2O3S/c1-8(5-11)6-12(2)10(13)9-3-4-16(14,15)7-9/h8-9H,3-7,11H2,1-2H3. The van der Waals surface area contributed by atoms with E-state index in [2.05, 4.69) is 0 Å². The number of carbonyl (C=O) groups excluding carboxylic acids is 1. The summed E-state index contributed by atoms with van der Waals surface area (Å²) in [6, 6.07) is 0. The number of carbonyl (C=O) groups is 1. The molecule has 1 fully saturated rings. The van der Waals surface area contributed by atoms with Gasteiger partial charge in [-0.2, -0.15) is 0 Å². The molecule has 1 saturated heterocycles. The lowest BCUT2D eigenvalue weighted by Gasteiger charge is -2.23. The number of amides is 1. The van der Waals surface area contributed by atoms with Crippen molar-refractivity contribution >= 4 is 15.7 Å². The predicted octanol–water partition coefficient (Wildman–Crippen LogP) is -0.526. The molecule has 0 radical (unpaired) electrons. The number of rotatable bonds is 4. The third-order valence-electron chi connectivity index (χ3n) is 2.95. The second-order valence-electron chi connectivity index (χ2n) is 4.66. The molecule has 2 atom stereocenters. The quantitative estimate of drug-likeness (QED) is 0.725. The van der Waals surface area contributed by atoms with Crippen LogP contribution in [-0.4, -0.2) is 50.9 Å². The summed E-state index contributed by atoms with van der Waals surface area (Å²) in [7, 11) is -1.27. The summed E-state index contributed by atoms with van der Waals surface area (Å²) >= 11 is 0. The summed E-state index contributed by atoms with van der Waals surface area (Å²) in [6.07, 6.45) is 0.461. The zero-order chi connectivity index (χ0) is 12.3. The molecule has 0 aliphatic carbocycles. The molecule has 0 saturated carbocycles. The van der Waals surface area contributed by atoms with Crippen LogP contribution in [0.5, 0.6) is 0 Å². The third kappa shape index (κ3) is 3.45. The van der Waals surface area contributed by atoms with Crippen LogP contribution in [0, 0.1) is 11.8 Å². The van der Waals surface area contributed by atoms with E-state index in [-0.39, 0.29) is 29.2 Å². The molecule has 1 rings (SSSR count). The Labute approximate surface area is 96.9 Å². The van der Waals surface area contributed by atoms with E-state index in [1.165, 1.54) is 0 Å². The van der Waals surface area contributed by atoms with Crippen LogP contribution in [0.4, 0.5) is 0 Å². The fraction of sp³-hybridized carbons (Fsp3) is 0.900. The Morgan fingerprint density at radius 3 is 2.62 bits per heavy atom. The van der Waals surface area contributed by atoms with E-state index in [1.807, 2.05) is 6.92 Å². The van der Waals surface area contributed by atoms with Gasteiger partial charge in [0.05, 0.1) is 17.4 Å². The molecule has 1 amide bonds. The fourth-order valence-electron chi connectivity index (χ4n) is 1.93. The molecule has 1 heterocycles. The lowest BCUT2D eigenvalue weighted by Crippen LogP contribution is -2.37. The van der Waals surface area contributed by atoms with Crippen LogP contribution in [0.25, 0.3) is 0 Å². The Bertz CT molecular complexity index is 353. The van der Waals surface area contributed by atoms with Crippen molar-refractivity contribution in [2.24, 2.45) is 17.6 Å². The van der Waals surface area contributed by atoms with Gasteiger partial charge in [-0.3, -0.25) is 4.79 Å². The molecule has 16 heavy (non-hydrogen) atoms. The van der Waals surface area contributed by atoms with Gasteiger partial charge in [-0.25, -0.2) is 8.42 Å². The van der Waals surface area contributed by atoms with Crippen molar-refractivity contribution in [2.45, 2.75) is 13.3 Å². The van der Waals surface area contributed by atoms with Crippen molar-refractivity contribution in [3.05, 3.63) is 0 Å². The predicted molar refractivity (Wildman–Crippen MR) is 62.6 cm³/mol. The maximum absolute atomic E-state index is 11.9. The molecule has 0 aromatic rings. The van der Waals surface area contributed by atoms with Crippen LogP contribution < -0.4 is 5.73 Å². The SMILES string of the molecule is CC(CN)CN(C)C(=O)C1CCS(=O)(=O)C1. The molecule has 0 aromatic carbocycles. The monoisotopic (exact) mass is 248 g/mol. The summed E-state index contributed by atoms with van der Waals surface area (Å²) in [5, 5.41) is 0. The van der Waals surface area contributed by atoms with E-state index in [0.29, 0.717) is 19.5 Å². The first-order valence-electron chi connectivity index (χ1n) is 5.51. The molecule has 6 heteroatoms. The highest BCUT2D eigenvalue weighted by Crippen LogP contribution is 2.20. The molecule has 5 nitrogen and oxygen atoms in total. The zero-order valence-electron chi connectivity index (χ0n) is 9.85. The van der Waals surface area contributed by atoms with E-state index >= 15 is 0 Å². The molecular weight excluding hydrogens is 228 g/mol. The highest BCUT2D eigenvalue weighted by molar-refractivity contribution is 7.91. The average molecular weight is 248 g/mol. The Morgan fingerprint density at radius 2 is 2.19 bits per heavy atom. The molecule has 2 N–H and O–H groups in total. The van der Waals surface area contributed by atoms with Crippen molar-refractivity contribution in [1.82, 2.24) is 4.90 Å². The van der Waals surface area contributed by atoms with E-state index < -0.39 is 9.84 Å². The summed E-state index contributed by atoms with van der Waals surface area (Å²) < 4.78 is 22.5. The fourth-order valence-corrected chi connectivity index (χ4v) is 3.67. The second kappa shape index (κ2) is 5.14. The number of nitrogens with zero attached hydrogens (tertiary/aromatic N) is 1. The van der Waals surface area contributed by atoms with E-state index in [9.17, 15) is 13.2 Å². The van der Waals surface area contributed by atoms with Gasteiger partial charge in [0.25, 0.3) is 0 Å². The van der Waals surface area contributed by atoms with Gasteiger partial charge in [-0.15, -0.1) is 0 Å². The van der Waals surface area contributed by atoms with Gasteiger partial charge in [-0.05, 0) is 18.9 Å². The minimum absolute atomic E-state index is 0.00712. The van der Waals surface area contributed by atoms with Gasteiger partial charge in [0, 0.05) is 13.6 Å². The molecule has 0 spiro atoms. The van der Waals surface area contributed by atoms with Crippen LogP contribution in [0.15, 0.2) is 0 Å². The molecule has 0 bridgehead atoms. The minimum Gasteiger partial charge on any atom is -0.345 e. The van der Waals surface area contributed by atoms with Crippen molar-refractivity contribution < 1.29 is 13.2 Å². The molecule has 2 unspecified atom stereocenters. The number of nitrogens with two attached hydrogens (primary N) is 1. The lowest BCUT2D eigenvalue weighted by atomic mass is 10.1. The maximum Gasteiger partial charge on any atom is 0.226 e. The van der Waals surface area contributed by atoms with Crippen LogP contribution in [0.1, 0.15) is 13.3 Å². The Hall–Kier alpha value is -0.620. The van der Waals surface area contributed by atoms with Crippen LogP contribution in [-0.2, 0) is 14.6 Å². The van der Waals surface area contributed by atoms with Gasteiger partial charge in [0.15, 0.2) is 9.84 Å². The third-order valence-corrected chi connectivity index (χ3v) is 4.71. The maximum atomic E-state index is 11.9. The van der Waals surface area contributed by atoms with Gasteiger partial charge in [-0.1, -0.05) is 6.92 Å². The van der Waals surface area contributed by atoms with Crippen molar-refractivity contribution in [3.8, 4) is 0 Å². The number of hydrogen-bond acceptors (Lipinski definition) is 4. The highest BCUT2D eigenvalue weighted by Gasteiger charge is 2.34. The van der Waals surface area contributed by atoms with Gasteiger partial charge >= 0.3 is 0 Å². The second-order valence-corrected chi connectivity index (χ2v) is 6.89. The van der Waals surface area contributed by atoms with E-state index in [1.54, 1.807) is 11.9 Å². The normalized spacial score (nSPS) is 25.3. The van der Waals surface area contributed by atoms with Gasteiger partial charge < -0.3 is 10.6 Å². The Kier molecular flexibility index (Phi) is 4.32. The first kappa shape index (κ1) is 13.4. The van der Waals surface area contributed by atoms with Crippen molar-refractivity contribution in [2.75, 3.05) is 31.6 Å². The number of sulfone groups is 1. The topological polar surface area (TPSA) is 80.5 Å². The molecule has 1 aliphatic heterocycles. The van der Waals surface area contributed by atoms with Crippen LogP contribution in [0.2, 0.25) is 0 Å². The van der Waals surface area contributed by atoms with Crippen molar-refractivity contribution in [3.63, 3.8) is 0 Å². The molecule has 94 valence electrons. The van der Waals surface area contributed by atoms with Crippen LogP contribution in [0.3, 0.4) is 0 Å². The van der Waals surface area contributed by atoms with E-state index in [0.717, 1.165) is 0 Å². The average Bonchev–Trinajstić information content (AvgIpc) is 2.57.